The van der Waals surface area contributed by atoms with Crippen LogP contribution in [0.2, 0.25) is 0 Å². The van der Waals surface area contributed by atoms with Crippen molar-refractivity contribution < 1.29 is 19.1 Å². The van der Waals surface area contributed by atoms with Crippen molar-refractivity contribution in [2.24, 2.45) is 5.73 Å². The van der Waals surface area contributed by atoms with Crippen molar-refractivity contribution in [1.82, 2.24) is 5.32 Å². The Balaban J connectivity index is 4.22. The van der Waals surface area contributed by atoms with Crippen LogP contribution in [0.15, 0.2) is 0 Å². The lowest BCUT2D eigenvalue weighted by Crippen LogP contribution is -2.42. The molecule has 17 heavy (non-hydrogen) atoms. The van der Waals surface area contributed by atoms with E-state index >= 15 is 0 Å². The highest BCUT2D eigenvalue weighted by Gasteiger charge is 2.21. The van der Waals surface area contributed by atoms with Crippen LogP contribution >= 0.6 is 0 Å². The molecule has 0 aliphatic carbocycles. The number of ether oxygens (including phenoxy) is 1. The molecular formula is C11H20N2O4. The van der Waals surface area contributed by atoms with Gasteiger partial charge in [-0.2, -0.15) is 0 Å². The van der Waals surface area contributed by atoms with E-state index in [9.17, 15) is 14.4 Å². The van der Waals surface area contributed by atoms with E-state index in [1.54, 1.807) is 0 Å². The molecule has 0 bridgehead atoms. The fourth-order valence-corrected chi connectivity index (χ4v) is 1.36. The van der Waals surface area contributed by atoms with Crippen molar-refractivity contribution in [3.05, 3.63) is 0 Å². The van der Waals surface area contributed by atoms with Crippen molar-refractivity contribution in [3.8, 4) is 0 Å². The summed E-state index contributed by atoms with van der Waals surface area (Å²) in [5.41, 5.74) is 5.34. The Hall–Kier alpha value is -1.43. The highest BCUT2D eigenvalue weighted by atomic mass is 16.5. The number of hydrogen-bond donors (Lipinski definition) is 2. The van der Waals surface area contributed by atoms with Gasteiger partial charge >= 0.3 is 5.97 Å². The molecule has 0 aromatic carbocycles. The third-order valence-corrected chi connectivity index (χ3v) is 2.18. The maximum atomic E-state index is 11.4. The Kier molecular flexibility index (Phi) is 7.96. The molecule has 98 valence electrons. The summed E-state index contributed by atoms with van der Waals surface area (Å²) in [6, 6.07) is -0.696. The van der Waals surface area contributed by atoms with Crippen LogP contribution in [0.3, 0.4) is 0 Å². The molecule has 0 spiro atoms. The molecule has 0 aromatic heterocycles. The molecule has 0 saturated heterocycles. The molecule has 0 radical (unpaired) electrons. The van der Waals surface area contributed by atoms with Gasteiger partial charge in [0.25, 0.3) is 0 Å². The number of methoxy groups -OCH3 is 1. The van der Waals surface area contributed by atoms with E-state index in [0.29, 0.717) is 13.0 Å². The number of carbonyl (C=O) groups is 3. The van der Waals surface area contributed by atoms with Gasteiger partial charge in [-0.25, -0.2) is 4.79 Å². The number of nitrogens with one attached hydrogen (secondary N) is 1. The minimum atomic E-state index is -0.696. The number of amides is 1. The van der Waals surface area contributed by atoms with Crippen molar-refractivity contribution in [2.45, 2.75) is 38.6 Å². The molecule has 0 aliphatic rings. The van der Waals surface area contributed by atoms with E-state index in [2.05, 4.69) is 10.1 Å². The third kappa shape index (κ3) is 7.46. The van der Waals surface area contributed by atoms with Crippen molar-refractivity contribution in [3.63, 3.8) is 0 Å². The monoisotopic (exact) mass is 244 g/mol. The van der Waals surface area contributed by atoms with Crippen molar-refractivity contribution in [1.29, 1.82) is 0 Å². The van der Waals surface area contributed by atoms with E-state index in [1.807, 2.05) is 0 Å². The largest absolute Gasteiger partial charge is 0.467 e. The molecule has 6 heteroatoms. The highest BCUT2D eigenvalue weighted by Crippen LogP contribution is 2.03. The van der Waals surface area contributed by atoms with Crippen LogP contribution in [0.1, 0.15) is 32.6 Å². The topological polar surface area (TPSA) is 98.5 Å². The van der Waals surface area contributed by atoms with E-state index in [0.717, 1.165) is 12.8 Å². The molecule has 1 amide bonds. The molecule has 0 unspecified atom stereocenters. The third-order valence-electron chi connectivity index (χ3n) is 2.18. The Morgan fingerprint density at radius 2 is 1.94 bits per heavy atom. The molecule has 0 rings (SSSR count). The van der Waals surface area contributed by atoms with Crippen LogP contribution in [0.4, 0.5) is 0 Å². The Morgan fingerprint density at radius 3 is 2.41 bits per heavy atom. The number of carbonyl (C=O) groups excluding carboxylic acids is 3. The van der Waals surface area contributed by atoms with Gasteiger partial charge in [0.05, 0.1) is 13.5 Å². The van der Waals surface area contributed by atoms with Crippen LogP contribution in [0.25, 0.3) is 0 Å². The van der Waals surface area contributed by atoms with E-state index in [-0.39, 0.29) is 12.2 Å². The molecule has 3 N–H and O–H groups in total. The number of esters is 1. The average molecular weight is 244 g/mol. The Morgan fingerprint density at radius 1 is 1.29 bits per heavy atom. The highest BCUT2D eigenvalue weighted by molar-refractivity contribution is 5.98. The molecule has 6 nitrogen and oxygen atoms in total. The summed E-state index contributed by atoms with van der Waals surface area (Å²) in [4.78, 5) is 33.5. The summed E-state index contributed by atoms with van der Waals surface area (Å²) < 4.78 is 4.58. The number of Topliss-reactive ketones (excluding diaryl/α,β-unsaturated/α-hetero) is 1. The van der Waals surface area contributed by atoms with Crippen molar-refractivity contribution >= 4 is 17.7 Å². The lowest BCUT2D eigenvalue weighted by atomic mass is 10.1. The number of hydrogen-bond acceptors (Lipinski definition) is 5. The summed E-state index contributed by atoms with van der Waals surface area (Å²) >= 11 is 0. The molecular weight excluding hydrogens is 224 g/mol. The molecule has 0 aromatic rings. The second-order valence-electron chi connectivity index (χ2n) is 3.81. The number of nitrogens with two attached hydrogens (primary N) is 1. The Bertz CT molecular complexity index is 279. The van der Waals surface area contributed by atoms with Gasteiger partial charge in [-0.15, -0.1) is 0 Å². The van der Waals surface area contributed by atoms with Gasteiger partial charge in [0.1, 0.15) is 11.8 Å². The molecule has 0 heterocycles. The minimum Gasteiger partial charge on any atom is -0.467 e. The van der Waals surface area contributed by atoms with Crippen LogP contribution in [-0.2, 0) is 19.1 Å². The first kappa shape index (κ1) is 15.6. The Labute approximate surface area is 101 Å². The number of rotatable bonds is 8. The second-order valence-corrected chi connectivity index (χ2v) is 3.81. The second kappa shape index (κ2) is 8.69. The number of ketones is 1. The summed E-state index contributed by atoms with van der Waals surface area (Å²) in [6.07, 6.45) is 1.74. The molecule has 0 aliphatic heterocycles. The quantitative estimate of drug-likeness (QED) is 0.348. The van der Waals surface area contributed by atoms with Crippen LogP contribution < -0.4 is 11.1 Å². The van der Waals surface area contributed by atoms with Gasteiger partial charge in [-0.05, 0) is 32.7 Å². The zero-order valence-corrected chi connectivity index (χ0v) is 10.3. The van der Waals surface area contributed by atoms with Gasteiger partial charge in [0, 0.05) is 0 Å². The predicted molar refractivity (Wildman–Crippen MR) is 62.2 cm³/mol. The van der Waals surface area contributed by atoms with Gasteiger partial charge in [-0.3, -0.25) is 9.59 Å². The first-order valence-corrected chi connectivity index (χ1v) is 5.58. The van der Waals surface area contributed by atoms with Crippen molar-refractivity contribution in [2.75, 3.05) is 13.7 Å². The van der Waals surface area contributed by atoms with E-state index in [4.69, 9.17) is 5.73 Å². The van der Waals surface area contributed by atoms with Crippen LogP contribution in [0.5, 0.6) is 0 Å². The van der Waals surface area contributed by atoms with Crippen LogP contribution in [-0.4, -0.2) is 37.4 Å². The maximum Gasteiger partial charge on any atom is 0.328 e. The minimum absolute atomic E-state index is 0.218. The summed E-state index contributed by atoms with van der Waals surface area (Å²) in [7, 11) is 1.26. The van der Waals surface area contributed by atoms with E-state index < -0.39 is 17.9 Å². The first-order chi connectivity index (χ1) is 8.01. The zero-order valence-electron chi connectivity index (χ0n) is 10.3. The van der Waals surface area contributed by atoms with Gasteiger partial charge in [-0.1, -0.05) is 0 Å². The fraction of sp³-hybridized carbons (Fsp3) is 0.727. The van der Waals surface area contributed by atoms with Crippen LogP contribution in [0, 0.1) is 0 Å². The van der Waals surface area contributed by atoms with Gasteiger partial charge in [0.2, 0.25) is 5.91 Å². The lowest BCUT2D eigenvalue weighted by molar-refractivity contribution is -0.145. The molecule has 1 atom stereocenters. The lowest BCUT2D eigenvalue weighted by Gasteiger charge is -2.15. The van der Waals surface area contributed by atoms with Gasteiger partial charge in [0.15, 0.2) is 0 Å². The smallest absolute Gasteiger partial charge is 0.328 e. The summed E-state index contributed by atoms with van der Waals surface area (Å²) in [6.45, 7) is 1.86. The zero-order chi connectivity index (χ0) is 13.3. The summed E-state index contributed by atoms with van der Waals surface area (Å²) in [5.74, 6) is -1.20. The fourth-order valence-electron chi connectivity index (χ4n) is 1.36. The normalized spacial score (nSPS) is 11.7. The SMILES string of the molecule is COC(=O)[C@H](CCCCN)NC(=O)CC(C)=O. The number of unbranched alkanes of at least 4 members (excludes halogenated alkanes) is 1. The maximum absolute atomic E-state index is 11.4. The van der Waals surface area contributed by atoms with Gasteiger partial charge < -0.3 is 15.8 Å². The predicted octanol–water partition coefficient (Wildman–Crippen LogP) is -0.248. The molecule has 0 fully saturated rings. The first-order valence-electron chi connectivity index (χ1n) is 5.58. The summed E-state index contributed by atoms with van der Waals surface area (Å²) in [5, 5.41) is 2.48. The van der Waals surface area contributed by atoms with E-state index in [1.165, 1.54) is 14.0 Å². The standard InChI is InChI=1S/C11H20N2O4/c1-8(14)7-10(15)13-9(11(16)17-2)5-3-4-6-12/h9H,3-7,12H2,1-2H3,(H,13,15)/t9-/m0/s1. The average Bonchev–Trinajstić information content (AvgIpc) is 2.26. The molecule has 0 saturated carbocycles.